The van der Waals surface area contributed by atoms with E-state index in [0.717, 1.165) is 32.2 Å². The first-order valence-electron chi connectivity index (χ1n) is 12.6. The number of aromatic nitrogens is 2. The van der Waals surface area contributed by atoms with Crippen molar-refractivity contribution in [3.63, 3.8) is 0 Å². The molecule has 1 unspecified atom stereocenters. The Hall–Kier alpha value is -1.43. The Bertz CT molecular complexity index is 769. The Morgan fingerprint density at radius 1 is 1.00 bits per heavy atom. The number of aryl methyl sites for hydroxylation is 1. The first kappa shape index (κ1) is 28.6. The second-order valence-corrected chi connectivity index (χ2v) is 10.5. The first-order chi connectivity index (χ1) is 15.2. The Morgan fingerprint density at radius 3 is 2.03 bits per heavy atom. The molecule has 0 radical (unpaired) electrons. The van der Waals surface area contributed by atoms with Crippen molar-refractivity contribution in [2.45, 2.75) is 112 Å². The van der Waals surface area contributed by atoms with Gasteiger partial charge in [0, 0.05) is 18.8 Å². The lowest BCUT2D eigenvalue weighted by molar-refractivity contribution is -0.159. The number of nitrogens with one attached hydrogen (secondary N) is 1. The Balaban J connectivity index is 2.00. The fraction of sp³-hybridized carbons (Fsp3) is 0.808. The molecule has 0 bridgehead atoms. The van der Waals surface area contributed by atoms with Gasteiger partial charge in [-0.05, 0) is 50.2 Å². The summed E-state index contributed by atoms with van der Waals surface area (Å²) in [7, 11) is 0. The highest BCUT2D eigenvalue weighted by Gasteiger charge is 2.38. The highest BCUT2D eigenvalue weighted by Crippen LogP contribution is 2.35. The molecule has 1 aromatic rings. The molecular weight excluding hydrogens is 420 g/mol. The molecule has 0 saturated heterocycles. The SMILES string of the molecule is CC(C)CC(C)(C(=O)OCCCCCCCCCCCCn1ccc(=O)[nH]c1=S)C(C)C. The van der Waals surface area contributed by atoms with Crippen LogP contribution in [-0.4, -0.2) is 22.1 Å². The van der Waals surface area contributed by atoms with Crippen LogP contribution < -0.4 is 5.56 Å². The van der Waals surface area contributed by atoms with Crippen LogP contribution in [0.2, 0.25) is 0 Å². The molecule has 0 aliphatic rings. The molecule has 0 aromatic carbocycles. The maximum Gasteiger partial charge on any atom is 0.312 e. The molecule has 5 nitrogen and oxygen atoms in total. The number of unbranched alkanes of at least 4 members (excludes halogenated alkanes) is 9. The van der Waals surface area contributed by atoms with Gasteiger partial charge in [-0.2, -0.15) is 0 Å². The number of esters is 1. The van der Waals surface area contributed by atoms with Gasteiger partial charge in [0.1, 0.15) is 0 Å². The van der Waals surface area contributed by atoms with Crippen molar-refractivity contribution >= 4 is 18.2 Å². The number of carbonyl (C=O) groups is 1. The van der Waals surface area contributed by atoms with Gasteiger partial charge in [0.15, 0.2) is 4.77 Å². The third-order valence-electron chi connectivity index (χ3n) is 6.50. The summed E-state index contributed by atoms with van der Waals surface area (Å²) in [5.74, 6) is 0.757. The lowest BCUT2D eigenvalue weighted by Gasteiger charge is -2.32. The van der Waals surface area contributed by atoms with Gasteiger partial charge in [-0.3, -0.25) is 14.6 Å². The molecule has 0 fully saturated rings. The fourth-order valence-corrected chi connectivity index (χ4v) is 4.40. The van der Waals surface area contributed by atoms with E-state index in [1.165, 1.54) is 51.0 Å². The van der Waals surface area contributed by atoms with E-state index in [2.05, 4.69) is 39.6 Å². The third-order valence-corrected chi connectivity index (χ3v) is 6.83. The number of hydrogen-bond acceptors (Lipinski definition) is 4. The summed E-state index contributed by atoms with van der Waals surface area (Å²) in [5.41, 5.74) is -0.511. The third kappa shape index (κ3) is 10.9. The van der Waals surface area contributed by atoms with E-state index in [1.54, 1.807) is 6.20 Å². The first-order valence-corrected chi connectivity index (χ1v) is 13.0. The van der Waals surface area contributed by atoms with Crippen molar-refractivity contribution in [1.82, 2.24) is 9.55 Å². The van der Waals surface area contributed by atoms with E-state index >= 15 is 0 Å². The molecule has 0 spiro atoms. The summed E-state index contributed by atoms with van der Waals surface area (Å²) >= 11 is 5.16. The van der Waals surface area contributed by atoms with E-state index in [-0.39, 0.29) is 16.9 Å². The van der Waals surface area contributed by atoms with Crippen molar-refractivity contribution in [2.75, 3.05) is 6.61 Å². The van der Waals surface area contributed by atoms with E-state index < -0.39 is 0 Å². The monoisotopic (exact) mass is 466 g/mol. The largest absolute Gasteiger partial charge is 0.465 e. The van der Waals surface area contributed by atoms with Gasteiger partial charge in [0.2, 0.25) is 0 Å². The van der Waals surface area contributed by atoms with Gasteiger partial charge in [-0.15, -0.1) is 0 Å². The Kier molecular flexibility index (Phi) is 13.8. The summed E-state index contributed by atoms with van der Waals surface area (Å²) in [6, 6.07) is 1.52. The molecule has 0 aliphatic heterocycles. The maximum absolute atomic E-state index is 12.6. The van der Waals surface area contributed by atoms with E-state index in [0.29, 0.717) is 23.2 Å². The number of H-pyrrole nitrogens is 1. The van der Waals surface area contributed by atoms with Gasteiger partial charge in [0.05, 0.1) is 12.0 Å². The minimum absolute atomic E-state index is 0.0240. The zero-order valence-corrected chi connectivity index (χ0v) is 21.9. The summed E-state index contributed by atoms with van der Waals surface area (Å²) in [6.07, 6.45) is 14.6. The van der Waals surface area contributed by atoms with Crippen LogP contribution in [0.15, 0.2) is 17.1 Å². The number of nitrogens with zero attached hydrogens (tertiary/aromatic N) is 1. The average molecular weight is 467 g/mol. The molecule has 0 amide bonds. The normalized spacial score (nSPS) is 13.5. The average Bonchev–Trinajstić information content (AvgIpc) is 2.71. The molecule has 184 valence electrons. The number of rotatable bonds is 17. The molecule has 1 heterocycles. The number of hydrogen-bond donors (Lipinski definition) is 1. The molecular formula is C26H46N2O3S. The van der Waals surface area contributed by atoms with Crippen LogP contribution in [0.25, 0.3) is 0 Å². The van der Waals surface area contributed by atoms with Gasteiger partial charge in [-0.25, -0.2) is 0 Å². The van der Waals surface area contributed by atoms with E-state index in [1.807, 2.05) is 4.57 Å². The zero-order chi connectivity index (χ0) is 24.0. The second kappa shape index (κ2) is 15.4. The lowest BCUT2D eigenvalue weighted by atomic mass is 9.73. The second-order valence-electron chi connectivity index (χ2n) is 10.1. The standard InChI is InChI=1S/C26H46N2O3S/c1-21(2)20-26(5,22(3)4)24(30)31-19-15-13-11-9-7-6-8-10-12-14-17-28-18-16-23(29)27-25(28)32/h16,18,21-22H,6-15,17,19-20H2,1-5H3,(H,27,29,32). The molecule has 0 aliphatic carbocycles. The van der Waals surface area contributed by atoms with Crippen LogP contribution in [0, 0.1) is 22.0 Å². The molecule has 1 N–H and O–H groups in total. The molecule has 0 saturated carbocycles. The summed E-state index contributed by atoms with van der Waals surface area (Å²) in [6.45, 7) is 12.0. The molecule has 1 rings (SSSR count). The van der Waals surface area contributed by atoms with Crippen LogP contribution in [0.5, 0.6) is 0 Å². The maximum atomic E-state index is 12.6. The van der Waals surface area contributed by atoms with Gasteiger partial charge < -0.3 is 9.30 Å². The Morgan fingerprint density at radius 2 is 1.53 bits per heavy atom. The Labute approximate surface area is 200 Å². The van der Waals surface area contributed by atoms with Crippen LogP contribution in [0.4, 0.5) is 0 Å². The van der Waals surface area contributed by atoms with Crippen molar-refractivity contribution in [3.8, 4) is 0 Å². The quantitative estimate of drug-likeness (QED) is 0.152. The van der Waals surface area contributed by atoms with Gasteiger partial charge in [0.25, 0.3) is 5.56 Å². The van der Waals surface area contributed by atoms with Crippen LogP contribution in [0.1, 0.15) is 105 Å². The number of ether oxygens (including phenoxy) is 1. The van der Waals surface area contributed by atoms with Crippen molar-refractivity contribution < 1.29 is 9.53 Å². The summed E-state index contributed by atoms with van der Waals surface area (Å²) in [5, 5.41) is 0. The van der Waals surface area contributed by atoms with Crippen LogP contribution in [-0.2, 0) is 16.1 Å². The molecule has 6 heteroatoms. The highest BCUT2D eigenvalue weighted by atomic mass is 32.1. The van der Waals surface area contributed by atoms with Gasteiger partial charge >= 0.3 is 5.97 Å². The van der Waals surface area contributed by atoms with Crippen molar-refractivity contribution in [3.05, 3.63) is 27.4 Å². The minimum Gasteiger partial charge on any atom is -0.465 e. The minimum atomic E-state index is -0.375. The molecule has 1 atom stereocenters. The van der Waals surface area contributed by atoms with Crippen molar-refractivity contribution in [2.24, 2.45) is 17.3 Å². The number of aromatic amines is 1. The summed E-state index contributed by atoms with van der Waals surface area (Å²) < 4.78 is 8.08. The topological polar surface area (TPSA) is 64.1 Å². The molecule has 1 aromatic heterocycles. The van der Waals surface area contributed by atoms with Crippen LogP contribution in [0.3, 0.4) is 0 Å². The lowest BCUT2D eigenvalue weighted by Crippen LogP contribution is -2.36. The van der Waals surface area contributed by atoms with Gasteiger partial charge in [-0.1, -0.05) is 79.1 Å². The van der Waals surface area contributed by atoms with Crippen molar-refractivity contribution in [1.29, 1.82) is 0 Å². The fourth-order valence-electron chi connectivity index (χ4n) is 4.15. The summed E-state index contributed by atoms with van der Waals surface area (Å²) in [4.78, 5) is 26.4. The molecule has 32 heavy (non-hydrogen) atoms. The zero-order valence-electron chi connectivity index (χ0n) is 21.1. The smallest absolute Gasteiger partial charge is 0.312 e. The van der Waals surface area contributed by atoms with E-state index in [9.17, 15) is 9.59 Å². The predicted molar refractivity (Wildman–Crippen MR) is 135 cm³/mol. The van der Waals surface area contributed by atoms with Crippen LogP contribution >= 0.6 is 12.2 Å². The highest BCUT2D eigenvalue weighted by molar-refractivity contribution is 7.71. The number of carbonyl (C=O) groups excluding carboxylic acids is 1. The van der Waals surface area contributed by atoms with E-state index in [4.69, 9.17) is 17.0 Å². The predicted octanol–water partition coefficient (Wildman–Crippen LogP) is 7.06.